The lowest BCUT2D eigenvalue weighted by Gasteiger charge is -2.27. The minimum absolute atomic E-state index is 0.0562. The lowest BCUT2D eigenvalue weighted by Crippen LogP contribution is -2.27. The summed E-state index contributed by atoms with van der Waals surface area (Å²) in [5, 5.41) is 0.0562. The lowest BCUT2D eigenvalue weighted by atomic mass is 10.0. The Labute approximate surface area is 131 Å². The molecule has 0 radical (unpaired) electrons. The Balaban J connectivity index is 1.82. The van der Waals surface area contributed by atoms with Gasteiger partial charge in [-0.25, -0.2) is 13.2 Å². The molecule has 0 aromatic heterocycles. The standard InChI is InChI=1S/C16H13F3O2S/c17-13-5-11(6-14(18)15(13)19)9-1-3-10(4-2-9)16-20-7-12(22)8-21-16/h1-6,12,16,22H,7-8H2. The van der Waals surface area contributed by atoms with Gasteiger partial charge in [0.2, 0.25) is 0 Å². The van der Waals surface area contributed by atoms with Crippen LogP contribution in [0.15, 0.2) is 36.4 Å². The monoisotopic (exact) mass is 326 g/mol. The molecule has 0 N–H and O–H groups in total. The summed E-state index contributed by atoms with van der Waals surface area (Å²) in [5.41, 5.74) is 1.64. The zero-order valence-corrected chi connectivity index (χ0v) is 12.3. The molecule has 2 aromatic carbocycles. The van der Waals surface area contributed by atoms with Crippen LogP contribution in [0.5, 0.6) is 0 Å². The SMILES string of the molecule is Fc1cc(-c2ccc(C3OCC(S)CO3)cc2)cc(F)c1F. The molecule has 2 nitrogen and oxygen atoms in total. The fourth-order valence-electron chi connectivity index (χ4n) is 2.24. The second kappa shape index (κ2) is 6.32. The van der Waals surface area contributed by atoms with Crippen molar-refractivity contribution in [2.45, 2.75) is 11.5 Å². The second-order valence-corrected chi connectivity index (χ2v) is 5.76. The van der Waals surface area contributed by atoms with Crippen molar-refractivity contribution in [3.05, 3.63) is 59.4 Å². The van der Waals surface area contributed by atoms with E-state index in [9.17, 15) is 13.2 Å². The van der Waals surface area contributed by atoms with Gasteiger partial charge in [0, 0.05) is 10.8 Å². The predicted octanol–water partition coefficient (Wildman–Crippen LogP) is 4.11. The Hall–Kier alpha value is -1.50. The third kappa shape index (κ3) is 3.14. The van der Waals surface area contributed by atoms with Gasteiger partial charge in [0.15, 0.2) is 23.7 Å². The van der Waals surface area contributed by atoms with E-state index in [4.69, 9.17) is 9.47 Å². The van der Waals surface area contributed by atoms with Crippen molar-refractivity contribution in [2.75, 3.05) is 13.2 Å². The number of hydrogen-bond donors (Lipinski definition) is 1. The molecule has 3 rings (SSSR count). The fourth-order valence-corrected chi connectivity index (χ4v) is 2.41. The molecule has 0 atom stereocenters. The maximum atomic E-state index is 13.3. The first-order valence-corrected chi connectivity index (χ1v) is 7.22. The van der Waals surface area contributed by atoms with Gasteiger partial charge >= 0.3 is 0 Å². The maximum Gasteiger partial charge on any atom is 0.194 e. The average Bonchev–Trinajstić information content (AvgIpc) is 2.53. The zero-order valence-electron chi connectivity index (χ0n) is 11.4. The molecule has 2 aromatic rings. The number of ether oxygens (including phenoxy) is 2. The van der Waals surface area contributed by atoms with E-state index in [1.807, 2.05) is 0 Å². The van der Waals surface area contributed by atoms with Crippen molar-refractivity contribution >= 4 is 12.6 Å². The Morgan fingerprint density at radius 2 is 1.41 bits per heavy atom. The summed E-state index contributed by atoms with van der Waals surface area (Å²) < 4.78 is 50.5. The van der Waals surface area contributed by atoms with Crippen LogP contribution in [0.2, 0.25) is 0 Å². The van der Waals surface area contributed by atoms with E-state index >= 15 is 0 Å². The molecule has 1 heterocycles. The molecule has 0 saturated carbocycles. The molecule has 116 valence electrons. The second-order valence-electron chi connectivity index (χ2n) is 5.03. The van der Waals surface area contributed by atoms with Crippen LogP contribution < -0.4 is 0 Å². The largest absolute Gasteiger partial charge is 0.347 e. The molecule has 1 aliphatic rings. The summed E-state index contributed by atoms with van der Waals surface area (Å²) in [7, 11) is 0. The van der Waals surface area contributed by atoms with E-state index in [1.165, 1.54) is 0 Å². The molecule has 0 spiro atoms. The smallest absolute Gasteiger partial charge is 0.194 e. The van der Waals surface area contributed by atoms with Crippen molar-refractivity contribution in [1.29, 1.82) is 0 Å². The van der Waals surface area contributed by atoms with E-state index in [2.05, 4.69) is 12.6 Å². The van der Waals surface area contributed by atoms with Gasteiger partial charge in [-0.15, -0.1) is 0 Å². The summed E-state index contributed by atoms with van der Waals surface area (Å²) >= 11 is 4.25. The molecule has 1 aliphatic heterocycles. The normalized spacial score (nSPS) is 21.8. The van der Waals surface area contributed by atoms with Crippen LogP contribution in [0.25, 0.3) is 11.1 Å². The summed E-state index contributed by atoms with van der Waals surface area (Å²) in [6.45, 7) is 0.980. The number of rotatable bonds is 2. The van der Waals surface area contributed by atoms with Gasteiger partial charge in [0.05, 0.1) is 13.2 Å². The summed E-state index contributed by atoms with van der Waals surface area (Å²) in [6.07, 6.45) is -0.473. The number of thiol groups is 1. The molecule has 0 bridgehead atoms. The first kappa shape index (κ1) is 15.4. The molecule has 0 amide bonds. The van der Waals surface area contributed by atoms with Crippen LogP contribution >= 0.6 is 12.6 Å². The predicted molar refractivity (Wildman–Crippen MR) is 79.2 cm³/mol. The van der Waals surface area contributed by atoms with Crippen molar-refractivity contribution < 1.29 is 22.6 Å². The van der Waals surface area contributed by atoms with Crippen molar-refractivity contribution in [2.24, 2.45) is 0 Å². The highest BCUT2D eigenvalue weighted by Crippen LogP contribution is 2.28. The third-order valence-electron chi connectivity index (χ3n) is 3.38. The number of hydrogen-bond acceptors (Lipinski definition) is 3. The van der Waals surface area contributed by atoms with Gasteiger partial charge in [0.1, 0.15) is 0 Å². The minimum Gasteiger partial charge on any atom is -0.347 e. The summed E-state index contributed by atoms with van der Waals surface area (Å²) in [4.78, 5) is 0. The van der Waals surface area contributed by atoms with Gasteiger partial charge in [-0.05, 0) is 23.3 Å². The van der Waals surface area contributed by atoms with Gasteiger partial charge in [-0.1, -0.05) is 24.3 Å². The van der Waals surface area contributed by atoms with Gasteiger partial charge < -0.3 is 9.47 Å². The van der Waals surface area contributed by atoms with Crippen molar-refractivity contribution in [1.82, 2.24) is 0 Å². The van der Waals surface area contributed by atoms with E-state index in [0.717, 1.165) is 17.7 Å². The molecule has 1 fully saturated rings. The van der Waals surface area contributed by atoms with Crippen LogP contribution in [0, 0.1) is 17.5 Å². The third-order valence-corrected chi connectivity index (χ3v) is 3.68. The minimum atomic E-state index is -1.47. The molecule has 22 heavy (non-hydrogen) atoms. The first-order valence-electron chi connectivity index (χ1n) is 6.71. The fraction of sp³-hybridized carbons (Fsp3) is 0.250. The van der Waals surface area contributed by atoms with Crippen LogP contribution in [-0.2, 0) is 9.47 Å². The number of halogens is 3. The van der Waals surface area contributed by atoms with Crippen LogP contribution in [-0.4, -0.2) is 18.5 Å². The Morgan fingerprint density at radius 3 is 1.95 bits per heavy atom. The average molecular weight is 326 g/mol. The zero-order chi connectivity index (χ0) is 15.7. The number of benzene rings is 2. The van der Waals surface area contributed by atoms with Crippen molar-refractivity contribution in [3.8, 4) is 11.1 Å². The van der Waals surface area contributed by atoms with Crippen LogP contribution in [0.4, 0.5) is 13.2 Å². The van der Waals surface area contributed by atoms with E-state index in [0.29, 0.717) is 18.8 Å². The first-order chi connectivity index (χ1) is 10.5. The highest BCUT2D eigenvalue weighted by molar-refractivity contribution is 7.81. The molecule has 0 unspecified atom stereocenters. The Bertz CT molecular complexity index is 645. The van der Waals surface area contributed by atoms with E-state index in [1.54, 1.807) is 24.3 Å². The Morgan fingerprint density at radius 1 is 0.864 bits per heavy atom. The summed E-state index contributed by atoms with van der Waals surface area (Å²) in [5.74, 6) is -3.89. The summed E-state index contributed by atoms with van der Waals surface area (Å²) in [6, 6.07) is 8.79. The quantitative estimate of drug-likeness (QED) is 0.661. The highest BCUT2D eigenvalue weighted by atomic mass is 32.1. The van der Waals surface area contributed by atoms with Crippen molar-refractivity contribution in [3.63, 3.8) is 0 Å². The highest BCUT2D eigenvalue weighted by Gasteiger charge is 2.21. The van der Waals surface area contributed by atoms with Crippen LogP contribution in [0.1, 0.15) is 11.9 Å². The van der Waals surface area contributed by atoms with Gasteiger partial charge in [0.25, 0.3) is 0 Å². The van der Waals surface area contributed by atoms with E-state index < -0.39 is 23.7 Å². The Kier molecular flexibility index (Phi) is 4.42. The lowest BCUT2D eigenvalue weighted by molar-refractivity contribution is -0.179. The molecular weight excluding hydrogens is 313 g/mol. The van der Waals surface area contributed by atoms with E-state index in [-0.39, 0.29) is 10.8 Å². The van der Waals surface area contributed by atoms with Gasteiger partial charge in [-0.2, -0.15) is 12.6 Å². The maximum absolute atomic E-state index is 13.3. The topological polar surface area (TPSA) is 18.5 Å². The molecule has 0 aliphatic carbocycles. The van der Waals surface area contributed by atoms with Crippen LogP contribution in [0.3, 0.4) is 0 Å². The molecular formula is C16H13F3O2S. The molecule has 1 saturated heterocycles. The van der Waals surface area contributed by atoms with Gasteiger partial charge in [-0.3, -0.25) is 0 Å². The molecule has 6 heteroatoms.